The predicted molar refractivity (Wildman–Crippen MR) is 76.8 cm³/mol. The third-order valence-corrected chi connectivity index (χ3v) is 3.19. The number of nitrogens with one attached hydrogen (secondary N) is 1. The fourth-order valence-corrected chi connectivity index (χ4v) is 2.03. The van der Waals surface area contributed by atoms with E-state index in [1.807, 2.05) is 13.0 Å². The lowest BCUT2D eigenvalue weighted by Gasteiger charge is -2.16. The first kappa shape index (κ1) is 15.2. The van der Waals surface area contributed by atoms with Crippen LogP contribution in [0, 0.1) is 5.82 Å². The third kappa shape index (κ3) is 3.66. The third-order valence-electron chi connectivity index (χ3n) is 3.19. The number of benzene rings is 1. The Hall–Kier alpha value is -2.21. The fraction of sp³-hybridized carbons (Fsp3) is 0.333. The Labute approximate surface area is 123 Å². The Balaban J connectivity index is 2.12. The van der Waals surface area contributed by atoms with Gasteiger partial charge < -0.3 is 14.8 Å². The summed E-state index contributed by atoms with van der Waals surface area (Å²) in [4.78, 5) is 8.11. The van der Waals surface area contributed by atoms with E-state index in [1.54, 1.807) is 20.3 Å². The molecule has 0 radical (unpaired) electrons. The van der Waals surface area contributed by atoms with Crippen molar-refractivity contribution < 1.29 is 13.9 Å². The molecule has 0 saturated heterocycles. The summed E-state index contributed by atoms with van der Waals surface area (Å²) in [5.41, 5.74) is 1.59. The summed E-state index contributed by atoms with van der Waals surface area (Å²) in [6, 6.07) is 6.46. The molecular weight excluding hydrogens is 273 g/mol. The summed E-state index contributed by atoms with van der Waals surface area (Å²) >= 11 is 0. The molecule has 1 aromatic carbocycles. The summed E-state index contributed by atoms with van der Waals surface area (Å²) in [5, 5.41) is 3.29. The number of halogens is 1. The van der Waals surface area contributed by atoms with Crippen molar-refractivity contribution in [3.05, 3.63) is 47.5 Å². The van der Waals surface area contributed by atoms with Crippen molar-refractivity contribution >= 4 is 0 Å². The lowest BCUT2D eigenvalue weighted by atomic mass is 10.1. The number of nitrogens with zero attached hydrogens (tertiary/aromatic N) is 2. The van der Waals surface area contributed by atoms with Crippen LogP contribution in [-0.2, 0) is 6.54 Å². The molecule has 1 N–H and O–H groups in total. The van der Waals surface area contributed by atoms with Gasteiger partial charge >= 0.3 is 0 Å². The molecule has 6 heteroatoms. The van der Waals surface area contributed by atoms with Gasteiger partial charge in [0, 0.05) is 12.6 Å². The minimum absolute atomic E-state index is 0.0321. The highest BCUT2D eigenvalue weighted by Crippen LogP contribution is 2.24. The summed E-state index contributed by atoms with van der Waals surface area (Å²) in [6.45, 7) is 2.41. The van der Waals surface area contributed by atoms with Crippen LogP contribution in [-0.4, -0.2) is 24.2 Å². The maximum atomic E-state index is 13.2. The lowest BCUT2D eigenvalue weighted by molar-refractivity contribution is 0.357. The monoisotopic (exact) mass is 291 g/mol. The highest BCUT2D eigenvalue weighted by atomic mass is 19.1. The van der Waals surface area contributed by atoms with Crippen LogP contribution in [0.4, 0.5) is 4.39 Å². The number of ether oxygens (including phenoxy) is 2. The van der Waals surface area contributed by atoms with E-state index in [4.69, 9.17) is 9.47 Å². The first-order valence-electron chi connectivity index (χ1n) is 6.56. The maximum Gasteiger partial charge on any atom is 0.224 e. The predicted octanol–water partition coefficient (Wildman–Crippen LogP) is 2.48. The topological polar surface area (TPSA) is 56.3 Å². The van der Waals surface area contributed by atoms with E-state index in [1.165, 1.54) is 18.5 Å². The fourth-order valence-electron chi connectivity index (χ4n) is 2.03. The molecule has 0 unspecified atom stereocenters. The molecule has 2 rings (SSSR count). The Bertz CT molecular complexity index is 585. The van der Waals surface area contributed by atoms with Gasteiger partial charge in [0.2, 0.25) is 11.8 Å². The largest absolute Gasteiger partial charge is 0.481 e. The van der Waals surface area contributed by atoms with Gasteiger partial charge in [-0.15, -0.1) is 0 Å². The van der Waals surface area contributed by atoms with Gasteiger partial charge in [-0.25, -0.2) is 14.4 Å². The van der Waals surface area contributed by atoms with Crippen LogP contribution in [0.2, 0.25) is 0 Å². The van der Waals surface area contributed by atoms with Gasteiger partial charge in [-0.1, -0.05) is 12.1 Å². The highest BCUT2D eigenvalue weighted by Gasteiger charge is 2.14. The molecule has 21 heavy (non-hydrogen) atoms. The van der Waals surface area contributed by atoms with E-state index in [-0.39, 0.29) is 11.9 Å². The zero-order valence-electron chi connectivity index (χ0n) is 12.3. The smallest absolute Gasteiger partial charge is 0.224 e. The number of methoxy groups -OCH3 is 2. The van der Waals surface area contributed by atoms with E-state index in [0.717, 1.165) is 11.1 Å². The zero-order chi connectivity index (χ0) is 15.2. The Morgan fingerprint density at radius 1 is 1.19 bits per heavy atom. The molecule has 0 amide bonds. The van der Waals surface area contributed by atoms with Gasteiger partial charge in [-0.05, 0) is 24.6 Å². The molecule has 5 nitrogen and oxygen atoms in total. The van der Waals surface area contributed by atoms with Gasteiger partial charge in [0.05, 0.1) is 19.8 Å². The van der Waals surface area contributed by atoms with Gasteiger partial charge in [0.25, 0.3) is 0 Å². The quantitative estimate of drug-likeness (QED) is 0.886. The molecule has 0 aliphatic carbocycles. The minimum atomic E-state index is -0.251. The van der Waals surface area contributed by atoms with Gasteiger partial charge in [0.1, 0.15) is 12.1 Å². The Kier molecular flexibility index (Phi) is 5.05. The molecule has 0 fully saturated rings. The van der Waals surface area contributed by atoms with E-state index in [2.05, 4.69) is 15.3 Å². The van der Waals surface area contributed by atoms with E-state index < -0.39 is 0 Å². The number of hydrogen-bond donors (Lipinski definition) is 1. The average Bonchev–Trinajstić information content (AvgIpc) is 2.52. The number of aromatic nitrogens is 2. The van der Waals surface area contributed by atoms with Crippen LogP contribution < -0.4 is 14.8 Å². The molecule has 1 atom stereocenters. The van der Waals surface area contributed by atoms with Gasteiger partial charge in [-0.3, -0.25) is 0 Å². The van der Waals surface area contributed by atoms with Crippen LogP contribution in [0.5, 0.6) is 11.8 Å². The van der Waals surface area contributed by atoms with Crippen molar-refractivity contribution in [3.8, 4) is 11.8 Å². The number of hydrogen-bond acceptors (Lipinski definition) is 5. The molecule has 0 bridgehead atoms. The Morgan fingerprint density at radius 2 is 1.86 bits per heavy atom. The van der Waals surface area contributed by atoms with Crippen molar-refractivity contribution in [2.45, 2.75) is 19.5 Å². The van der Waals surface area contributed by atoms with E-state index in [9.17, 15) is 4.39 Å². The summed E-state index contributed by atoms with van der Waals surface area (Å²) < 4.78 is 23.7. The lowest BCUT2D eigenvalue weighted by Crippen LogP contribution is -2.19. The molecule has 112 valence electrons. The molecule has 1 heterocycles. The van der Waals surface area contributed by atoms with Crippen molar-refractivity contribution in [2.75, 3.05) is 14.2 Å². The van der Waals surface area contributed by atoms with Crippen molar-refractivity contribution in [3.63, 3.8) is 0 Å². The molecule has 0 aliphatic heterocycles. The molecule has 0 spiro atoms. The zero-order valence-corrected chi connectivity index (χ0v) is 12.3. The van der Waals surface area contributed by atoms with Crippen LogP contribution >= 0.6 is 0 Å². The molecule has 1 aromatic heterocycles. The van der Waals surface area contributed by atoms with Crippen molar-refractivity contribution in [1.82, 2.24) is 15.3 Å². The van der Waals surface area contributed by atoms with Crippen LogP contribution in [0.15, 0.2) is 30.6 Å². The second kappa shape index (κ2) is 6.99. The first-order chi connectivity index (χ1) is 10.2. The van der Waals surface area contributed by atoms with E-state index in [0.29, 0.717) is 18.3 Å². The summed E-state index contributed by atoms with van der Waals surface area (Å²) in [6.07, 6.45) is 1.39. The first-order valence-corrected chi connectivity index (χ1v) is 6.56. The SMILES string of the molecule is COc1ncnc(OC)c1CN[C@@H](C)c1cccc(F)c1. The second-order valence-corrected chi connectivity index (χ2v) is 4.53. The summed E-state index contributed by atoms with van der Waals surface area (Å²) in [5.74, 6) is 0.668. The molecule has 0 aliphatic rings. The number of rotatable bonds is 6. The average molecular weight is 291 g/mol. The molecular formula is C15H18FN3O2. The normalized spacial score (nSPS) is 12.0. The van der Waals surface area contributed by atoms with Crippen molar-refractivity contribution in [1.29, 1.82) is 0 Å². The van der Waals surface area contributed by atoms with Crippen molar-refractivity contribution in [2.24, 2.45) is 0 Å². The van der Waals surface area contributed by atoms with Gasteiger partial charge in [0.15, 0.2) is 0 Å². The molecule has 0 saturated carbocycles. The van der Waals surface area contributed by atoms with Crippen LogP contribution in [0.1, 0.15) is 24.1 Å². The second-order valence-electron chi connectivity index (χ2n) is 4.53. The maximum absolute atomic E-state index is 13.2. The standard InChI is InChI=1S/C15H18FN3O2/c1-10(11-5-4-6-12(16)7-11)17-8-13-14(20-2)18-9-19-15(13)21-3/h4-7,9-10,17H,8H2,1-3H3/t10-/m0/s1. The Morgan fingerprint density at radius 3 is 2.43 bits per heavy atom. The minimum Gasteiger partial charge on any atom is -0.481 e. The van der Waals surface area contributed by atoms with E-state index >= 15 is 0 Å². The van der Waals surface area contributed by atoms with Crippen LogP contribution in [0.3, 0.4) is 0 Å². The van der Waals surface area contributed by atoms with Gasteiger partial charge in [-0.2, -0.15) is 0 Å². The highest BCUT2D eigenvalue weighted by molar-refractivity contribution is 5.34. The molecule has 2 aromatic rings. The summed E-state index contributed by atoms with van der Waals surface area (Å²) in [7, 11) is 3.09. The van der Waals surface area contributed by atoms with Crippen LogP contribution in [0.25, 0.3) is 0 Å².